The van der Waals surface area contributed by atoms with Crippen molar-refractivity contribution in [3.8, 4) is 11.6 Å². The Labute approximate surface area is 134 Å². The van der Waals surface area contributed by atoms with Crippen molar-refractivity contribution in [2.24, 2.45) is 0 Å². The molecule has 2 aromatic heterocycles. The van der Waals surface area contributed by atoms with Crippen LogP contribution in [0.15, 0.2) is 27.3 Å². The summed E-state index contributed by atoms with van der Waals surface area (Å²) in [5, 5.41) is 3.95. The minimum Gasteiger partial charge on any atom is -0.461 e. The highest BCUT2D eigenvalue weighted by molar-refractivity contribution is 5.78. The maximum atomic E-state index is 12.2. The first-order valence-electron chi connectivity index (χ1n) is 8.17. The molecule has 0 atom stereocenters. The van der Waals surface area contributed by atoms with Crippen LogP contribution in [0.2, 0.25) is 0 Å². The Balaban J connectivity index is 1.29. The molecule has 4 heterocycles. The van der Waals surface area contributed by atoms with E-state index in [0.717, 1.165) is 39.0 Å². The van der Waals surface area contributed by atoms with Gasteiger partial charge in [0.1, 0.15) is 0 Å². The molecule has 7 heteroatoms. The lowest BCUT2D eigenvalue weighted by molar-refractivity contribution is -0.134. The summed E-state index contributed by atoms with van der Waals surface area (Å²) < 4.78 is 10.6. The highest BCUT2D eigenvalue weighted by Crippen LogP contribution is 2.27. The van der Waals surface area contributed by atoms with E-state index in [4.69, 9.17) is 8.94 Å². The zero-order valence-electron chi connectivity index (χ0n) is 13.0. The maximum absolute atomic E-state index is 12.2. The van der Waals surface area contributed by atoms with Gasteiger partial charge in [0.2, 0.25) is 17.6 Å². The van der Waals surface area contributed by atoms with Gasteiger partial charge in [0.25, 0.3) is 0 Å². The van der Waals surface area contributed by atoms with Crippen LogP contribution in [0.25, 0.3) is 11.6 Å². The van der Waals surface area contributed by atoms with Crippen molar-refractivity contribution in [3.63, 3.8) is 0 Å². The van der Waals surface area contributed by atoms with Crippen LogP contribution in [-0.4, -0.2) is 58.6 Å². The van der Waals surface area contributed by atoms with Crippen LogP contribution < -0.4 is 0 Å². The number of furan rings is 1. The van der Waals surface area contributed by atoms with Crippen LogP contribution in [0.5, 0.6) is 0 Å². The maximum Gasteiger partial charge on any atom is 0.238 e. The van der Waals surface area contributed by atoms with Crippen LogP contribution in [-0.2, 0) is 4.79 Å². The molecule has 2 aliphatic heterocycles. The number of piperidine rings is 1. The van der Waals surface area contributed by atoms with Gasteiger partial charge >= 0.3 is 0 Å². The van der Waals surface area contributed by atoms with Crippen LogP contribution in [0.3, 0.4) is 0 Å². The molecule has 7 nitrogen and oxygen atoms in total. The Kier molecular flexibility index (Phi) is 3.87. The molecule has 2 fully saturated rings. The van der Waals surface area contributed by atoms with Gasteiger partial charge in [-0.3, -0.25) is 9.69 Å². The molecular weight excluding hydrogens is 296 g/mol. The number of aromatic nitrogens is 2. The van der Waals surface area contributed by atoms with Gasteiger partial charge in [-0.05, 0) is 31.4 Å². The molecular formula is C16H20N4O3. The van der Waals surface area contributed by atoms with Crippen molar-refractivity contribution in [2.45, 2.75) is 25.2 Å². The molecule has 2 saturated heterocycles. The summed E-state index contributed by atoms with van der Waals surface area (Å²) in [6.45, 7) is 3.90. The summed E-state index contributed by atoms with van der Waals surface area (Å²) in [6.07, 6.45) is 5.09. The topological polar surface area (TPSA) is 75.6 Å². The van der Waals surface area contributed by atoms with E-state index in [2.05, 4.69) is 15.0 Å². The van der Waals surface area contributed by atoms with Gasteiger partial charge in [-0.2, -0.15) is 4.98 Å². The number of carbonyl (C=O) groups is 1. The van der Waals surface area contributed by atoms with E-state index in [1.165, 1.54) is 6.42 Å². The lowest BCUT2D eigenvalue weighted by Crippen LogP contribution is -2.51. The minimum absolute atomic E-state index is 0.209. The van der Waals surface area contributed by atoms with Crippen LogP contribution >= 0.6 is 0 Å². The van der Waals surface area contributed by atoms with Crippen molar-refractivity contribution < 1.29 is 13.7 Å². The highest BCUT2D eigenvalue weighted by Gasteiger charge is 2.34. The predicted octanol–water partition coefficient (Wildman–Crippen LogP) is 1.74. The van der Waals surface area contributed by atoms with E-state index in [-0.39, 0.29) is 11.8 Å². The van der Waals surface area contributed by atoms with Crippen LogP contribution in [0.1, 0.15) is 31.1 Å². The number of rotatable bonds is 4. The van der Waals surface area contributed by atoms with Crippen LogP contribution in [0, 0.1) is 0 Å². The molecule has 0 radical (unpaired) electrons. The van der Waals surface area contributed by atoms with E-state index < -0.39 is 0 Å². The molecule has 0 aromatic carbocycles. The molecule has 0 spiro atoms. The fourth-order valence-electron chi connectivity index (χ4n) is 3.20. The number of hydrogen-bond donors (Lipinski definition) is 0. The summed E-state index contributed by atoms with van der Waals surface area (Å²) in [7, 11) is 0. The monoisotopic (exact) mass is 316 g/mol. The fraction of sp³-hybridized carbons (Fsp3) is 0.562. The SMILES string of the molecule is O=C(CN1CC(c2nc(-c3ccco3)no2)C1)N1CCCCC1. The highest BCUT2D eigenvalue weighted by atomic mass is 16.5. The molecule has 2 aromatic rings. The first-order valence-corrected chi connectivity index (χ1v) is 8.17. The molecule has 0 bridgehead atoms. The molecule has 0 saturated carbocycles. The third kappa shape index (κ3) is 3.01. The Morgan fingerprint density at radius 2 is 2.09 bits per heavy atom. The second-order valence-electron chi connectivity index (χ2n) is 6.27. The van der Waals surface area contributed by atoms with Crippen molar-refractivity contribution in [1.82, 2.24) is 19.9 Å². The van der Waals surface area contributed by atoms with E-state index in [0.29, 0.717) is 24.0 Å². The van der Waals surface area contributed by atoms with Gasteiger partial charge in [-0.15, -0.1) is 0 Å². The van der Waals surface area contributed by atoms with E-state index >= 15 is 0 Å². The molecule has 2 aliphatic rings. The van der Waals surface area contributed by atoms with E-state index in [9.17, 15) is 4.79 Å². The van der Waals surface area contributed by atoms with E-state index in [1.54, 1.807) is 18.4 Å². The average Bonchev–Trinajstić information content (AvgIpc) is 3.22. The molecule has 23 heavy (non-hydrogen) atoms. The summed E-state index contributed by atoms with van der Waals surface area (Å²) in [5.74, 6) is 2.16. The average molecular weight is 316 g/mol. The summed E-state index contributed by atoms with van der Waals surface area (Å²) >= 11 is 0. The first kappa shape index (κ1) is 14.4. The molecule has 4 rings (SSSR count). The molecule has 0 N–H and O–H groups in total. The van der Waals surface area contributed by atoms with E-state index in [1.807, 2.05) is 4.90 Å². The van der Waals surface area contributed by atoms with Crippen molar-refractivity contribution in [3.05, 3.63) is 24.3 Å². The zero-order valence-corrected chi connectivity index (χ0v) is 13.0. The van der Waals surface area contributed by atoms with Crippen molar-refractivity contribution in [2.75, 3.05) is 32.7 Å². The largest absolute Gasteiger partial charge is 0.461 e. The van der Waals surface area contributed by atoms with Gasteiger partial charge in [-0.1, -0.05) is 5.16 Å². The molecule has 1 amide bonds. The standard InChI is InChI=1S/C16H20N4O3/c21-14(20-6-2-1-3-7-20)11-19-9-12(10-19)16-17-15(18-23-16)13-5-4-8-22-13/h4-5,8,12H,1-3,6-7,9-11H2. The number of hydrogen-bond acceptors (Lipinski definition) is 6. The van der Waals surface area contributed by atoms with Crippen LogP contribution in [0.4, 0.5) is 0 Å². The third-order valence-electron chi connectivity index (χ3n) is 4.56. The smallest absolute Gasteiger partial charge is 0.238 e. The summed E-state index contributed by atoms with van der Waals surface area (Å²) in [6, 6.07) is 3.60. The van der Waals surface area contributed by atoms with Gasteiger partial charge in [0.05, 0.1) is 18.7 Å². The van der Waals surface area contributed by atoms with Gasteiger partial charge in [-0.25, -0.2) is 0 Å². The Morgan fingerprint density at radius 1 is 1.26 bits per heavy atom. The Bertz CT molecular complexity index is 655. The van der Waals surface area contributed by atoms with Crippen molar-refractivity contribution in [1.29, 1.82) is 0 Å². The number of amides is 1. The van der Waals surface area contributed by atoms with Gasteiger partial charge in [0, 0.05) is 26.2 Å². The first-order chi connectivity index (χ1) is 11.3. The molecule has 122 valence electrons. The minimum atomic E-state index is 0.209. The van der Waals surface area contributed by atoms with Gasteiger partial charge in [0.15, 0.2) is 5.76 Å². The lowest BCUT2D eigenvalue weighted by Gasteiger charge is -2.38. The summed E-state index contributed by atoms with van der Waals surface area (Å²) in [4.78, 5) is 20.7. The lowest BCUT2D eigenvalue weighted by atomic mass is 10.00. The summed E-state index contributed by atoms with van der Waals surface area (Å²) in [5.41, 5.74) is 0. The van der Waals surface area contributed by atoms with Crippen molar-refractivity contribution >= 4 is 5.91 Å². The zero-order chi connectivity index (χ0) is 15.6. The molecule has 0 aliphatic carbocycles. The normalized spacial score (nSPS) is 19.7. The number of nitrogens with zero attached hydrogens (tertiary/aromatic N) is 4. The second-order valence-corrected chi connectivity index (χ2v) is 6.27. The predicted molar refractivity (Wildman–Crippen MR) is 81.6 cm³/mol. The fourth-order valence-corrected chi connectivity index (χ4v) is 3.20. The Hall–Kier alpha value is -2.15. The quantitative estimate of drug-likeness (QED) is 0.855. The second kappa shape index (κ2) is 6.16. The number of likely N-dealkylation sites (tertiary alicyclic amines) is 2. The van der Waals surface area contributed by atoms with Gasteiger partial charge < -0.3 is 13.8 Å². The number of carbonyl (C=O) groups excluding carboxylic acids is 1. The molecule has 0 unspecified atom stereocenters. The third-order valence-corrected chi connectivity index (χ3v) is 4.56. The Morgan fingerprint density at radius 3 is 2.83 bits per heavy atom.